The fraction of sp³-hybridized carbons (Fsp3) is 0.632. The molecule has 1 nitrogen and oxygen atoms in total. The average Bonchev–Trinajstić information content (AvgIpc) is 2.46. The predicted molar refractivity (Wildman–Crippen MR) is 93.4 cm³/mol. The molecule has 0 aromatic rings. The highest BCUT2D eigenvalue weighted by atomic mass is 14.7. The zero-order chi connectivity index (χ0) is 15.1. The van der Waals surface area contributed by atoms with Crippen LogP contribution in [0.2, 0.25) is 0 Å². The van der Waals surface area contributed by atoms with E-state index >= 15 is 0 Å². The molecule has 0 bridgehead atoms. The highest BCUT2D eigenvalue weighted by Crippen LogP contribution is 2.24. The van der Waals surface area contributed by atoms with Crippen LogP contribution in [-0.4, -0.2) is 6.21 Å². The molecule has 1 heteroatoms. The second-order valence-corrected chi connectivity index (χ2v) is 5.41. The first-order valence-electron chi connectivity index (χ1n) is 8.26. The maximum atomic E-state index is 4.21. The number of hydrogen-bond acceptors (Lipinski definition) is 1. The van der Waals surface area contributed by atoms with Gasteiger partial charge in [-0.3, -0.25) is 4.99 Å². The minimum absolute atomic E-state index is 0.625. The summed E-state index contributed by atoms with van der Waals surface area (Å²) in [6.07, 6.45) is 19.3. The van der Waals surface area contributed by atoms with Gasteiger partial charge in [-0.15, -0.1) is 0 Å². The Morgan fingerprint density at radius 2 is 1.55 bits per heavy atom. The van der Waals surface area contributed by atoms with Crippen LogP contribution in [0.25, 0.3) is 0 Å². The molecule has 0 amide bonds. The van der Waals surface area contributed by atoms with Crippen molar-refractivity contribution >= 4 is 6.21 Å². The summed E-state index contributed by atoms with van der Waals surface area (Å²) in [5, 5.41) is 0. The van der Waals surface area contributed by atoms with Crippen LogP contribution in [0.4, 0.5) is 0 Å². The lowest BCUT2D eigenvalue weighted by Crippen LogP contribution is -2.06. The van der Waals surface area contributed by atoms with Gasteiger partial charge in [0.2, 0.25) is 0 Å². The van der Waals surface area contributed by atoms with E-state index in [1.165, 1.54) is 63.4 Å². The smallest absolute Gasteiger partial charge is 0.0302 e. The number of aliphatic imine (C=N–C) groups is 1. The SMILES string of the molecule is C=C/C=C(\C=NC=C)C(CCCCC)CCCCCC. The number of unbranched alkanes of at least 4 members (excludes halogenated alkanes) is 5. The first-order chi connectivity index (χ1) is 9.79. The van der Waals surface area contributed by atoms with Gasteiger partial charge in [0.1, 0.15) is 0 Å². The van der Waals surface area contributed by atoms with E-state index in [0.717, 1.165) is 0 Å². The Morgan fingerprint density at radius 1 is 0.950 bits per heavy atom. The molecule has 0 aromatic carbocycles. The zero-order valence-electron chi connectivity index (χ0n) is 13.6. The minimum atomic E-state index is 0.625. The second-order valence-electron chi connectivity index (χ2n) is 5.41. The Kier molecular flexibility index (Phi) is 13.5. The predicted octanol–water partition coefficient (Wildman–Crippen LogP) is 6.48. The van der Waals surface area contributed by atoms with Crippen molar-refractivity contribution in [3.8, 4) is 0 Å². The summed E-state index contributed by atoms with van der Waals surface area (Å²) in [5.74, 6) is 0.625. The first-order valence-corrected chi connectivity index (χ1v) is 8.26. The minimum Gasteiger partial charge on any atom is -0.265 e. The molecule has 1 atom stereocenters. The summed E-state index contributed by atoms with van der Waals surface area (Å²) < 4.78 is 0. The van der Waals surface area contributed by atoms with E-state index in [1.54, 1.807) is 6.20 Å². The van der Waals surface area contributed by atoms with Crippen molar-refractivity contribution in [2.75, 3.05) is 0 Å². The van der Waals surface area contributed by atoms with Gasteiger partial charge in [-0.2, -0.15) is 0 Å². The third kappa shape index (κ3) is 9.77. The fourth-order valence-corrected chi connectivity index (χ4v) is 2.50. The van der Waals surface area contributed by atoms with E-state index in [9.17, 15) is 0 Å². The van der Waals surface area contributed by atoms with Crippen molar-refractivity contribution in [3.63, 3.8) is 0 Å². The van der Waals surface area contributed by atoms with E-state index in [0.29, 0.717) is 5.92 Å². The molecule has 0 N–H and O–H groups in total. The van der Waals surface area contributed by atoms with Crippen molar-refractivity contribution in [1.29, 1.82) is 0 Å². The number of nitrogens with zero attached hydrogens (tertiary/aromatic N) is 1. The fourth-order valence-electron chi connectivity index (χ4n) is 2.50. The van der Waals surface area contributed by atoms with Crippen LogP contribution in [0, 0.1) is 5.92 Å². The van der Waals surface area contributed by atoms with Gasteiger partial charge in [-0.1, -0.05) is 84.1 Å². The molecule has 0 fully saturated rings. The molecule has 0 aliphatic rings. The van der Waals surface area contributed by atoms with Crippen molar-refractivity contribution < 1.29 is 0 Å². The summed E-state index contributed by atoms with van der Waals surface area (Å²) in [7, 11) is 0. The maximum Gasteiger partial charge on any atom is 0.0302 e. The first kappa shape index (κ1) is 18.9. The molecule has 1 unspecified atom stereocenters. The normalized spacial score (nSPS) is 13.6. The maximum absolute atomic E-state index is 4.21. The molecular weight excluding hydrogens is 242 g/mol. The monoisotopic (exact) mass is 275 g/mol. The van der Waals surface area contributed by atoms with Crippen LogP contribution in [-0.2, 0) is 0 Å². The van der Waals surface area contributed by atoms with E-state index in [2.05, 4.69) is 38.1 Å². The molecule has 0 aliphatic carbocycles. The molecule has 114 valence electrons. The van der Waals surface area contributed by atoms with Crippen molar-refractivity contribution in [1.82, 2.24) is 0 Å². The van der Waals surface area contributed by atoms with Gasteiger partial charge in [0.25, 0.3) is 0 Å². The Bertz CT molecular complexity index is 299. The number of hydrogen-bond donors (Lipinski definition) is 0. The van der Waals surface area contributed by atoms with Crippen molar-refractivity contribution in [3.05, 3.63) is 37.1 Å². The van der Waals surface area contributed by atoms with Crippen LogP contribution < -0.4 is 0 Å². The molecule has 0 rings (SSSR count). The topological polar surface area (TPSA) is 12.4 Å². The van der Waals surface area contributed by atoms with E-state index in [4.69, 9.17) is 0 Å². The van der Waals surface area contributed by atoms with Crippen LogP contribution >= 0.6 is 0 Å². The van der Waals surface area contributed by atoms with Crippen molar-refractivity contribution in [2.24, 2.45) is 10.9 Å². The van der Waals surface area contributed by atoms with Gasteiger partial charge >= 0.3 is 0 Å². The van der Waals surface area contributed by atoms with Gasteiger partial charge < -0.3 is 0 Å². The largest absolute Gasteiger partial charge is 0.265 e. The Labute approximate surface area is 126 Å². The number of rotatable bonds is 13. The number of allylic oxidation sites excluding steroid dienone is 3. The van der Waals surface area contributed by atoms with Gasteiger partial charge in [-0.25, -0.2) is 0 Å². The average molecular weight is 275 g/mol. The third-order valence-electron chi connectivity index (χ3n) is 3.67. The van der Waals surface area contributed by atoms with E-state index in [1.807, 2.05) is 12.3 Å². The lowest BCUT2D eigenvalue weighted by Gasteiger charge is -2.17. The van der Waals surface area contributed by atoms with Crippen LogP contribution in [0.15, 0.2) is 42.1 Å². The quantitative estimate of drug-likeness (QED) is 0.207. The highest BCUT2D eigenvalue weighted by Gasteiger charge is 2.12. The van der Waals surface area contributed by atoms with Gasteiger partial charge in [0.15, 0.2) is 0 Å². The second kappa shape index (κ2) is 14.3. The molecule has 0 heterocycles. The molecule has 0 saturated heterocycles. The zero-order valence-corrected chi connectivity index (χ0v) is 13.6. The molecule has 0 spiro atoms. The Hall–Kier alpha value is -1.11. The van der Waals surface area contributed by atoms with Gasteiger partial charge in [-0.05, 0) is 24.3 Å². The molecular formula is C19H33N. The van der Waals surface area contributed by atoms with E-state index < -0.39 is 0 Å². The van der Waals surface area contributed by atoms with Crippen LogP contribution in [0.3, 0.4) is 0 Å². The van der Waals surface area contributed by atoms with Crippen molar-refractivity contribution in [2.45, 2.75) is 71.6 Å². The summed E-state index contributed by atoms with van der Waals surface area (Å²) in [4.78, 5) is 4.21. The summed E-state index contributed by atoms with van der Waals surface area (Å²) in [6, 6.07) is 0. The Morgan fingerprint density at radius 3 is 2.10 bits per heavy atom. The lowest BCUT2D eigenvalue weighted by molar-refractivity contribution is 0.469. The summed E-state index contributed by atoms with van der Waals surface area (Å²) >= 11 is 0. The van der Waals surface area contributed by atoms with Gasteiger partial charge in [0, 0.05) is 12.4 Å². The Balaban J connectivity index is 4.57. The molecule has 0 radical (unpaired) electrons. The molecule has 20 heavy (non-hydrogen) atoms. The van der Waals surface area contributed by atoms with Crippen LogP contribution in [0.5, 0.6) is 0 Å². The standard InChI is InChI=1S/C19H33N/c1-5-9-11-13-16-18(15-12-10-6-2)19(14-7-3)17-20-8-4/h7-8,14,17-18H,3-6,9-13,15-16H2,1-2H3/b19-14+,20-17?. The molecule has 0 saturated carbocycles. The molecule has 0 aliphatic heterocycles. The third-order valence-corrected chi connectivity index (χ3v) is 3.67. The van der Waals surface area contributed by atoms with E-state index in [-0.39, 0.29) is 0 Å². The highest BCUT2D eigenvalue weighted by molar-refractivity contribution is 5.80. The summed E-state index contributed by atoms with van der Waals surface area (Å²) in [5.41, 5.74) is 1.31. The van der Waals surface area contributed by atoms with Crippen LogP contribution in [0.1, 0.15) is 71.6 Å². The lowest BCUT2D eigenvalue weighted by atomic mass is 9.88. The molecule has 0 aromatic heterocycles. The summed E-state index contributed by atoms with van der Waals surface area (Å²) in [6.45, 7) is 12.0. The van der Waals surface area contributed by atoms with Gasteiger partial charge in [0.05, 0.1) is 0 Å².